The second-order valence-electron chi connectivity index (χ2n) is 6.89. The van der Waals surface area contributed by atoms with Gasteiger partial charge in [0.25, 0.3) is 17.7 Å². The van der Waals surface area contributed by atoms with E-state index < -0.39 is 35.8 Å². The molecule has 0 fully saturated rings. The minimum absolute atomic E-state index is 0.00388. The van der Waals surface area contributed by atoms with Crippen LogP contribution < -0.4 is 15.5 Å². The van der Waals surface area contributed by atoms with Crippen molar-refractivity contribution in [2.24, 2.45) is 0 Å². The maximum atomic E-state index is 12.9. The Balaban J connectivity index is 1.77. The summed E-state index contributed by atoms with van der Waals surface area (Å²) in [5.41, 5.74) is 1.47. The monoisotopic (exact) mass is 423 g/mol. The molecule has 2 N–H and O–H groups in total. The molecule has 1 aliphatic heterocycles. The summed E-state index contributed by atoms with van der Waals surface area (Å²) >= 11 is 0. The van der Waals surface area contributed by atoms with Gasteiger partial charge in [-0.25, -0.2) is 14.5 Å². The molecule has 0 bridgehead atoms. The van der Waals surface area contributed by atoms with Crippen LogP contribution in [0.4, 0.5) is 10.5 Å². The van der Waals surface area contributed by atoms with E-state index in [0.29, 0.717) is 12.2 Å². The zero-order valence-corrected chi connectivity index (χ0v) is 17.2. The SMILES string of the molecule is CCNC(=O)NC(=O)[C@@H](C)OC(=O)c1ccc2c(c1)C(=O)N(c1ccccc1C)C2=O. The van der Waals surface area contributed by atoms with Crippen LogP contribution in [-0.2, 0) is 9.53 Å². The summed E-state index contributed by atoms with van der Waals surface area (Å²) in [7, 11) is 0. The number of fused-ring (bicyclic) bond motifs is 1. The van der Waals surface area contributed by atoms with Crippen LogP contribution in [0.1, 0.15) is 50.5 Å². The smallest absolute Gasteiger partial charge is 0.338 e. The maximum Gasteiger partial charge on any atom is 0.338 e. The Morgan fingerprint density at radius 1 is 1.03 bits per heavy atom. The lowest BCUT2D eigenvalue weighted by Gasteiger charge is -2.16. The molecule has 9 heteroatoms. The summed E-state index contributed by atoms with van der Waals surface area (Å²) in [5.74, 6) is -2.69. The van der Waals surface area contributed by atoms with Crippen LogP contribution in [0.15, 0.2) is 42.5 Å². The highest BCUT2D eigenvalue weighted by Gasteiger charge is 2.38. The van der Waals surface area contributed by atoms with Crippen molar-refractivity contribution in [3.8, 4) is 0 Å². The van der Waals surface area contributed by atoms with Crippen LogP contribution in [0.3, 0.4) is 0 Å². The number of nitrogens with one attached hydrogen (secondary N) is 2. The van der Waals surface area contributed by atoms with Crippen molar-refractivity contribution in [2.45, 2.75) is 26.9 Å². The molecule has 0 saturated carbocycles. The van der Waals surface area contributed by atoms with E-state index >= 15 is 0 Å². The number of aryl methyl sites for hydroxylation is 1. The van der Waals surface area contributed by atoms with E-state index in [1.807, 2.05) is 5.32 Å². The molecule has 31 heavy (non-hydrogen) atoms. The second kappa shape index (κ2) is 8.78. The van der Waals surface area contributed by atoms with Crippen molar-refractivity contribution in [3.63, 3.8) is 0 Å². The van der Waals surface area contributed by atoms with E-state index in [1.165, 1.54) is 25.1 Å². The van der Waals surface area contributed by atoms with Crippen molar-refractivity contribution in [3.05, 3.63) is 64.7 Å². The molecule has 0 radical (unpaired) electrons. The third-order valence-corrected chi connectivity index (χ3v) is 4.71. The summed E-state index contributed by atoms with van der Waals surface area (Å²) in [4.78, 5) is 62.6. The Bertz CT molecular complexity index is 1090. The van der Waals surface area contributed by atoms with Gasteiger partial charge in [0.1, 0.15) is 0 Å². The molecule has 1 atom stereocenters. The molecule has 2 aromatic rings. The summed E-state index contributed by atoms with van der Waals surface area (Å²) in [6.45, 7) is 5.12. The van der Waals surface area contributed by atoms with Gasteiger partial charge >= 0.3 is 12.0 Å². The van der Waals surface area contributed by atoms with Gasteiger partial charge in [0.2, 0.25) is 0 Å². The summed E-state index contributed by atoms with van der Waals surface area (Å²) < 4.78 is 5.09. The molecule has 9 nitrogen and oxygen atoms in total. The number of ether oxygens (including phenoxy) is 1. The van der Waals surface area contributed by atoms with Crippen LogP contribution in [0, 0.1) is 6.92 Å². The van der Waals surface area contributed by atoms with Crippen molar-refractivity contribution < 1.29 is 28.7 Å². The van der Waals surface area contributed by atoms with Crippen LogP contribution in [0.2, 0.25) is 0 Å². The lowest BCUT2D eigenvalue weighted by atomic mass is 10.1. The zero-order valence-electron chi connectivity index (χ0n) is 17.2. The Labute approximate surface area is 178 Å². The Hall–Kier alpha value is -4.01. The number of hydrogen-bond acceptors (Lipinski definition) is 6. The predicted octanol–water partition coefficient (Wildman–Crippen LogP) is 2.19. The number of rotatable bonds is 5. The molecular weight excluding hydrogens is 402 g/mol. The van der Waals surface area contributed by atoms with Gasteiger partial charge < -0.3 is 10.1 Å². The Kier molecular flexibility index (Phi) is 6.15. The minimum atomic E-state index is -1.25. The summed E-state index contributed by atoms with van der Waals surface area (Å²) in [5, 5.41) is 4.44. The van der Waals surface area contributed by atoms with E-state index in [-0.39, 0.29) is 16.7 Å². The third kappa shape index (κ3) is 4.30. The molecule has 5 amide bonds. The third-order valence-electron chi connectivity index (χ3n) is 4.71. The molecule has 2 aromatic carbocycles. The van der Waals surface area contributed by atoms with Crippen molar-refractivity contribution in [1.29, 1.82) is 0 Å². The van der Waals surface area contributed by atoms with Gasteiger partial charge in [-0.1, -0.05) is 18.2 Å². The topological polar surface area (TPSA) is 122 Å². The number of carbonyl (C=O) groups excluding carboxylic acids is 5. The second-order valence-corrected chi connectivity index (χ2v) is 6.89. The van der Waals surface area contributed by atoms with Crippen LogP contribution in [-0.4, -0.2) is 42.4 Å². The molecule has 0 aromatic heterocycles. The molecule has 0 unspecified atom stereocenters. The highest BCUT2D eigenvalue weighted by atomic mass is 16.5. The van der Waals surface area contributed by atoms with Crippen LogP contribution in [0.25, 0.3) is 0 Å². The largest absolute Gasteiger partial charge is 0.449 e. The number of urea groups is 1. The van der Waals surface area contributed by atoms with Gasteiger partial charge in [0, 0.05) is 6.54 Å². The average Bonchev–Trinajstić information content (AvgIpc) is 2.98. The Morgan fingerprint density at radius 2 is 1.71 bits per heavy atom. The van der Waals surface area contributed by atoms with Gasteiger partial charge in [-0.05, 0) is 50.6 Å². The average molecular weight is 423 g/mol. The molecular formula is C22H21N3O6. The van der Waals surface area contributed by atoms with E-state index in [2.05, 4.69) is 5.32 Å². The number of esters is 1. The summed E-state index contributed by atoms with van der Waals surface area (Å²) in [6.07, 6.45) is -1.25. The van der Waals surface area contributed by atoms with Gasteiger partial charge in [0.15, 0.2) is 6.10 Å². The number of imide groups is 2. The van der Waals surface area contributed by atoms with E-state index in [0.717, 1.165) is 10.5 Å². The number of anilines is 1. The normalized spacial score (nSPS) is 13.5. The van der Waals surface area contributed by atoms with E-state index in [9.17, 15) is 24.0 Å². The summed E-state index contributed by atoms with van der Waals surface area (Å²) in [6, 6.07) is 10.3. The fourth-order valence-corrected chi connectivity index (χ4v) is 3.10. The molecule has 0 spiro atoms. The van der Waals surface area contributed by atoms with Gasteiger partial charge in [-0.15, -0.1) is 0 Å². The fraction of sp³-hybridized carbons (Fsp3) is 0.227. The lowest BCUT2D eigenvalue weighted by molar-refractivity contribution is -0.127. The molecule has 0 saturated heterocycles. The van der Waals surface area contributed by atoms with Crippen molar-refractivity contribution >= 4 is 35.4 Å². The number of carbonyl (C=O) groups is 5. The molecule has 3 rings (SSSR count). The number of nitrogens with zero attached hydrogens (tertiary/aromatic N) is 1. The quantitative estimate of drug-likeness (QED) is 0.562. The first-order chi connectivity index (χ1) is 14.7. The maximum absolute atomic E-state index is 12.9. The van der Waals surface area contributed by atoms with E-state index in [4.69, 9.17) is 4.74 Å². The van der Waals surface area contributed by atoms with Gasteiger partial charge in [-0.2, -0.15) is 0 Å². The predicted molar refractivity (Wildman–Crippen MR) is 111 cm³/mol. The molecule has 1 aliphatic rings. The highest BCUT2D eigenvalue weighted by molar-refractivity contribution is 6.35. The zero-order chi connectivity index (χ0) is 22.7. The highest BCUT2D eigenvalue weighted by Crippen LogP contribution is 2.31. The first kappa shape index (κ1) is 21.7. The van der Waals surface area contributed by atoms with Crippen LogP contribution >= 0.6 is 0 Å². The number of hydrogen-bond donors (Lipinski definition) is 2. The Morgan fingerprint density at radius 3 is 2.39 bits per heavy atom. The number of para-hydroxylation sites is 1. The van der Waals surface area contributed by atoms with Crippen LogP contribution in [0.5, 0.6) is 0 Å². The minimum Gasteiger partial charge on any atom is -0.449 e. The van der Waals surface area contributed by atoms with Gasteiger partial charge in [0.05, 0.1) is 22.4 Å². The van der Waals surface area contributed by atoms with Crippen molar-refractivity contribution in [2.75, 3.05) is 11.4 Å². The number of benzene rings is 2. The first-order valence-corrected chi connectivity index (χ1v) is 9.62. The number of amides is 5. The first-order valence-electron chi connectivity index (χ1n) is 9.62. The molecule has 160 valence electrons. The van der Waals surface area contributed by atoms with Gasteiger partial charge in [-0.3, -0.25) is 19.7 Å². The van der Waals surface area contributed by atoms with Crippen molar-refractivity contribution in [1.82, 2.24) is 10.6 Å². The molecule has 1 heterocycles. The fourth-order valence-electron chi connectivity index (χ4n) is 3.10. The van der Waals surface area contributed by atoms with E-state index in [1.54, 1.807) is 38.1 Å². The lowest BCUT2D eigenvalue weighted by Crippen LogP contribution is -2.44. The standard InChI is InChI=1S/C22H21N3O6/c1-4-23-22(30)24-18(26)13(3)31-21(29)14-9-10-15-16(11-14)20(28)25(19(15)27)17-8-6-5-7-12(17)2/h5-11,13H,4H2,1-3H3,(H2,23,24,26,30)/t13-/m1/s1. The molecule has 0 aliphatic carbocycles.